The van der Waals surface area contributed by atoms with E-state index in [1.807, 2.05) is 13.8 Å². The number of aryl methyl sites for hydroxylation is 1. The monoisotopic (exact) mass is 273 g/mol. The molecule has 20 heavy (non-hydrogen) atoms. The lowest BCUT2D eigenvalue weighted by atomic mass is 9.94. The predicted molar refractivity (Wildman–Crippen MR) is 78.1 cm³/mol. The van der Waals surface area contributed by atoms with Gasteiger partial charge in [-0.25, -0.2) is 4.79 Å². The first-order valence-electron chi connectivity index (χ1n) is 6.83. The number of carboxylic acids is 1. The van der Waals surface area contributed by atoms with Crippen LogP contribution in [0.15, 0.2) is 30.4 Å². The zero-order valence-corrected chi connectivity index (χ0v) is 11.8. The Morgan fingerprint density at radius 2 is 2.15 bits per heavy atom. The van der Waals surface area contributed by atoms with Gasteiger partial charge in [0.05, 0.1) is 5.56 Å². The van der Waals surface area contributed by atoms with Crippen LogP contribution in [0.25, 0.3) is 0 Å². The van der Waals surface area contributed by atoms with Crippen molar-refractivity contribution in [3.05, 3.63) is 41.5 Å². The number of rotatable bonds is 3. The second kappa shape index (κ2) is 5.49. The van der Waals surface area contributed by atoms with Gasteiger partial charge in [0.25, 0.3) is 5.91 Å². The first-order valence-corrected chi connectivity index (χ1v) is 6.83. The van der Waals surface area contributed by atoms with E-state index in [9.17, 15) is 9.59 Å². The number of amides is 1. The molecule has 2 rings (SSSR count). The first kappa shape index (κ1) is 14.3. The van der Waals surface area contributed by atoms with Crippen LogP contribution in [0.5, 0.6) is 0 Å². The summed E-state index contributed by atoms with van der Waals surface area (Å²) in [7, 11) is 0. The lowest BCUT2D eigenvalue weighted by molar-refractivity contribution is -0.115. The third-order valence-corrected chi connectivity index (χ3v) is 3.81. The topological polar surface area (TPSA) is 57.6 Å². The number of carbonyl (C=O) groups excluding carboxylic acids is 1. The van der Waals surface area contributed by atoms with Crippen molar-refractivity contribution in [1.29, 1.82) is 0 Å². The number of anilines is 1. The maximum Gasteiger partial charge on any atom is 0.335 e. The molecule has 4 heteroatoms. The van der Waals surface area contributed by atoms with Crippen LogP contribution < -0.4 is 4.90 Å². The highest BCUT2D eigenvalue weighted by atomic mass is 16.4. The maximum absolute atomic E-state index is 12.4. The van der Waals surface area contributed by atoms with Gasteiger partial charge in [-0.3, -0.25) is 4.79 Å². The van der Waals surface area contributed by atoms with Crippen LogP contribution in [-0.4, -0.2) is 23.0 Å². The van der Waals surface area contributed by atoms with Gasteiger partial charge in [0, 0.05) is 17.3 Å². The fourth-order valence-corrected chi connectivity index (χ4v) is 2.52. The van der Waals surface area contributed by atoms with Crippen LogP contribution in [0, 0.1) is 0 Å². The van der Waals surface area contributed by atoms with Crippen molar-refractivity contribution in [3.63, 3.8) is 0 Å². The van der Waals surface area contributed by atoms with E-state index < -0.39 is 5.97 Å². The van der Waals surface area contributed by atoms with E-state index in [4.69, 9.17) is 5.11 Å². The van der Waals surface area contributed by atoms with Crippen molar-refractivity contribution in [3.8, 4) is 0 Å². The molecule has 0 saturated carbocycles. The first-order chi connectivity index (χ1) is 9.45. The second-order valence-corrected chi connectivity index (χ2v) is 5.17. The molecule has 4 nitrogen and oxygen atoms in total. The number of benzene rings is 1. The SMILES string of the molecule is C=C(CC)C(=O)N1c2ccc(C(=O)O)cc2CCC1C. The van der Waals surface area contributed by atoms with Crippen molar-refractivity contribution >= 4 is 17.6 Å². The van der Waals surface area contributed by atoms with Crippen molar-refractivity contribution in [2.24, 2.45) is 0 Å². The number of hydrogen-bond acceptors (Lipinski definition) is 2. The van der Waals surface area contributed by atoms with Gasteiger partial charge in [-0.15, -0.1) is 0 Å². The molecule has 0 spiro atoms. The third kappa shape index (κ3) is 2.46. The quantitative estimate of drug-likeness (QED) is 0.861. The van der Waals surface area contributed by atoms with E-state index in [0.717, 1.165) is 24.1 Å². The Labute approximate surface area is 118 Å². The standard InChI is InChI=1S/C16H19NO3/c1-4-10(2)15(18)17-11(3)5-6-12-9-13(16(19)20)7-8-14(12)17/h7-9,11H,2,4-6H2,1,3H3,(H,19,20). The molecule has 0 fully saturated rings. The molecule has 0 aromatic heterocycles. The highest BCUT2D eigenvalue weighted by molar-refractivity contribution is 6.06. The fourth-order valence-electron chi connectivity index (χ4n) is 2.52. The van der Waals surface area contributed by atoms with E-state index in [0.29, 0.717) is 12.0 Å². The molecule has 0 radical (unpaired) electrons. The molecular formula is C16H19NO3. The van der Waals surface area contributed by atoms with Crippen LogP contribution in [0.3, 0.4) is 0 Å². The molecule has 1 amide bonds. The van der Waals surface area contributed by atoms with Crippen LogP contribution >= 0.6 is 0 Å². The summed E-state index contributed by atoms with van der Waals surface area (Å²) in [5.41, 5.74) is 2.57. The summed E-state index contributed by atoms with van der Waals surface area (Å²) < 4.78 is 0. The summed E-state index contributed by atoms with van der Waals surface area (Å²) in [6.07, 6.45) is 2.24. The smallest absolute Gasteiger partial charge is 0.335 e. The average molecular weight is 273 g/mol. The zero-order valence-electron chi connectivity index (χ0n) is 11.8. The zero-order chi connectivity index (χ0) is 14.9. The summed E-state index contributed by atoms with van der Waals surface area (Å²) in [5, 5.41) is 9.05. The third-order valence-electron chi connectivity index (χ3n) is 3.81. The van der Waals surface area contributed by atoms with Gasteiger partial charge in [-0.1, -0.05) is 13.5 Å². The van der Waals surface area contributed by atoms with Gasteiger partial charge in [-0.2, -0.15) is 0 Å². The largest absolute Gasteiger partial charge is 0.478 e. The summed E-state index contributed by atoms with van der Waals surface area (Å²) in [6.45, 7) is 7.73. The number of aromatic carboxylic acids is 1. The summed E-state index contributed by atoms with van der Waals surface area (Å²) in [5.74, 6) is -1.01. The minimum Gasteiger partial charge on any atom is -0.478 e. The Balaban J connectivity index is 2.44. The highest BCUT2D eigenvalue weighted by Gasteiger charge is 2.29. The average Bonchev–Trinajstić information content (AvgIpc) is 2.45. The van der Waals surface area contributed by atoms with Gasteiger partial charge in [0.2, 0.25) is 0 Å². The van der Waals surface area contributed by atoms with Crippen LogP contribution in [0.1, 0.15) is 42.6 Å². The molecule has 1 aromatic rings. The Morgan fingerprint density at radius 3 is 2.75 bits per heavy atom. The van der Waals surface area contributed by atoms with E-state index in [-0.39, 0.29) is 17.5 Å². The summed E-state index contributed by atoms with van der Waals surface area (Å²) in [6, 6.07) is 5.05. The molecule has 1 heterocycles. The minimum atomic E-state index is -0.942. The van der Waals surface area contributed by atoms with Crippen LogP contribution in [-0.2, 0) is 11.2 Å². The molecule has 1 N–H and O–H groups in total. The van der Waals surface area contributed by atoms with Gasteiger partial charge in [0.15, 0.2) is 0 Å². The molecular weight excluding hydrogens is 254 g/mol. The molecule has 0 aliphatic carbocycles. The lowest BCUT2D eigenvalue weighted by Gasteiger charge is -2.35. The molecule has 106 valence electrons. The Bertz CT molecular complexity index is 577. The molecule has 1 aliphatic rings. The highest BCUT2D eigenvalue weighted by Crippen LogP contribution is 2.32. The number of hydrogen-bond donors (Lipinski definition) is 1. The van der Waals surface area contributed by atoms with Crippen molar-refractivity contribution in [2.45, 2.75) is 39.2 Å². The fraction of sp³-hybridized carbons (Fsp3) is 0.375. The minimum absolute atomic E-state index is 0.0657. The Morgan fingerprint density at radius 1 is 1.45 bits per heavy atom. The molecule has 0 saturated heterocycles. The van der Waals surface area contributed by atoms with Gasteiger partial charge in [0.1, 0.15) is 0 Å². The molecule has 1 unspecified atom stereocenters. The van der Waals surface area contributed by atoms with E-state index in [1.54, 1.807) is 23.1 Å². The number of carbonyl (C=O) groups is 2. The number of fused-ring (bicyclic) bond motifs is 1. The molecule has 0 bridgehead atoms. The van der Waals surface area contributed by atoms with Crippen molar-refractivity contribution in [2.75, 3.05) is 4.90 Å². The van der Waals surface area contributed by atoms with Gasteiger partial charge >= 0.3 is 5.97 Å². The van der Waals surface area contributed by atoms with E-state index in [1.165, 1.54) is 0 Å². The summed E-state index contributed by atoms with van der Waals surface area (Å²) in [4.78, 5) is 25.2. The van der Waals surface area contributed by atoms with Crippen molar-refractivity contribution in [1.82, 2.24) is 0 Å². The second-order valence-electron chi connectivity index (χ2n) is 5.17. The number of carboxylic acid groups (broad SMARTS) is 1. The van der Waals surface area contributed by atoms with Gasteiger partial charge < -0.3 is 10.0 Å². The normalized spacial score (nSPS) is 17.5. The van der Waals surface area contributed by atoms with Crippen LogP contribution in [0.4, 0.5) is 5.69 Å². The maximum atomic E-state index is 12.4. The Hall–Kier alpha value is -2.10. The summed E-state index contributed by atoms with van der Waals surface area (Å²) >= 11 is 0. The predicted octanol–water partition coefficient (Wildman–Crippen LogP) is 3.02. The van der Waals surface area contributed by atoms with Crippen molar-refractivity contribution < 1.29 is 14.7 Å². The lowest BCUT2D eigenvalue weighted by Crippen LogP contribution is -2.42. The number of nitrogens with zero attached hydrogens (tertiary/aromatic N) is 1. The van der Waals surface area contributed by atoms with E-state index in [2.05, 4.69) is 6.58 Å². The van der Waals surface area contributed by atoms with Gasteiger partial charge in [-0.05, 0) is 49.9 Å². The molecule has 1 aromatic carbocycles. The molecule has 1 aliphatic heterocycles. The van der Waals surface area contributed by atoms with Crippen LogP contribution in [0.2, 0.25) is 0 Å². The molecule has 1 atom stereocenters. The Kier molecular flexibility index (Phi) is 3.93. The van der Waals surface area contributed by atoms with E-state index >= 15 is 0 Å².